The number of ketones is 1. The Kier molecular flexibility index (Phi) is 5.35. The van der Waals surface area contributed by atoms with Gasteiger partial charge in [0.25, 0.3) is 0 Å². The summed E-state index contributed by atoms with van der Waals surface area (Å²) < 4.78 is 0. The number of oxime groups is 1. The van der Waals surface area contributed by atoms with E-state index in [1.165, 1.54) is 29.7 Å². The van der Waals surface area contributed by atoms with E-state index in [1.807, 2.05) is 18.6 Å². The lowest BCUT2D eigenvalue weighted by molar-refractivity contribution is 0.106. The molecule has 21 heavy (non-hydrogen) atoms. The Labute approximate surface area is 130 Å². The highest BCUT2D eigenvalue weighted by Gasteiger charge is 2.19. The summed E-state index contributed by atoms with van der Waals surface area (Å²) in [6.45, 7) is 0. The number of carbonyl (C=O) groups excluding carboxylic acids is 1. The Morgan fingerprint density at radius 3 is 2.71 bits per heavy atom. The molecule has 2 rings (SSSR count). The van der Waals surface area contributed by atoms with Crippen LogP contribution in [-0.4, -0.2) is 39.2 Å². The van der Waals surface area contributed by atoms with Gasteiger partial charge >= 0.3 is 0 Å². The van der Waals surface area contributed by atoms with Crippen LogP contribution < -0.4 is 0 Å². The van der Waals surface area contributed by atoms with E-state index < -0.39 is 0 Å². The van der Waals surface area contributed by atoms with E-state index in [2.05, 4.69) is 15.1 Å². The number of nitrogens with zero attached hydrogens (tertiary/aromatic N) is 3. The minimum absolute atomic E-state index is 0.0917. The van der Waals surface area contributed by atoms with E-state index >= 15 is 0 Å². The van der Waals surface area contributed by atoms with Gasteiger partial charge in [-0.1, -0.05) is 29.1 Å². The standard InChI is InChI=1S/C14H13N3O2S2/c1-20-10-5-3-4-9(8-10)13(18)12(17-19)11-6-7-15-14(16-11)21-2/h3-8,19H,1-2H3. The summed E-state index contributed by atoms with van der Waals surface area (Å²) in [5.74, 6) is -0.376. The van der Waals surface area contributed by atoms with Crippen LogP contribution in [0.3, 0.4) is 0 Å². The van der Waals surface area contributed by atoms with Gasteiger partial charge < -0.3 is 5.21 Å². The van der Waals surface area contributed by atoms with Crippen LogP contribution in [0.5, 0.6) is 0 Å². The summed E-state index contributed by atoms with van der Waals surface area (Å²) in [7, 11) is 0. The van der Waals surface area contributed by atoms with Crippen molar-refractivity contribution in [2.24, 2.45) is 5.16 Å². The Morgan fingerprint density at radius 2 is 2.05 bits per heavy atom. The molecule has 108 valence electrons. The molecule has 1 N–H and O–H groups in total. The van der Waals surface area contributed by atoms with E-state index in [9.17, 15) is 10.0 Å². The number of carbonyl (C=O) groups is 1. The quantitative estimate of drug-likeness (QED) is 0.228. The zero-order valence-corrected chi connectivity index (χ0v) is 13.1. The van der Waals surface area contributed by atoms with Crippen molar-refractivity contribution in [3.8, 4) is 0 Å². The molecule has 0 bridgehead atoms. The number of thioether (sulfide) groups is 2. The number of hydrogen-bond donors (Lipinski definition) is 1. The van der Waals surface area contributed by atoms with Crippen molar-refractivity contribution in [2.75, 3.05) is 12.5 Å². The van der Waals surface area contributed by atoms with E-state index in [0.717, 1.165) is 4.90 Å². The maximum Gasteiger partial charge on any atom is 0.217 e. The molecule has 1 aromatic carbocycles. The number of aromatic nitrogens is 2. The first-order valence-corrected chi connectivity index (χ1v) is 8.42. The van der Waals surface area contributed by atoms with Gasteiger partial charge in [0.15, 0.2) is 10.9 Å². The van der Waals surface area contributed by atoms with Crippen LogP contribution in [0.4, 0.5) is 0 Å². The first-order valence-electron chi connectivity index (χ1n) is 5.97. The molecule has 5 nitrogen and oxygen atoms in total. The van der Waals surface area contributed by atoms with Gasteiger partial charge in [-0.25, -0.2) is 9.97 Å². The van der Waals surface area contributed by atoms with Gasteiger partial charge in [0.2, 0.25) is 5.78 Å². The predicted octanol–water partition coefficient (Wildman–Crippen LogP) is 2.98. The topological polar surface area (TPSA) is 75.4 Å². The number of benzene rings is 1. The van der Waals surface area contributed by atoms with Crippen LogP contribution in [0, 0.1) is 0 Å². The van der Waals surface area contributed by atoms with Crippen LogP contribution in [0.25, 0.3) is 0 Å². The Morgan fingerprint density at radius 1 is 1.24 bits per heavy atom. The maximum absolute atomic E-state index is 12.5. The molecule has 0 saturated heterocycles. The molecular weight excluding hydrogens is 306 g/mol. The van der Waals surface area contributed by atoms with Gasteiger partial charge in [-0.15, -0.1) is 11.8 Å². The van der Waals surface area contributed by atoms with Crippen LogP contribution in [0.2, 0.25) is 0 Å². The molecule has 0 aliphatic rings. The molecule has 0 spiro atoms. The third-order valence-electron chi connectivity index (χ3n) is 2.71. The maximum atomic E-state index is 12.5. The molecule has 2 aromatic rings. The van der Waals surface area contributed by atoms with Crippen LogP contribution in [0.1, 0.15) is 16.1 Å². The average Bonchev–Trinajstić information content (AvgIpc) is 2.55. The second kappa shape index (κ2) is 7.24. The largest absolute Gasteiger partial charge is 0.410 e. The highest BCUT2D eigenvalue weighted by molar-refractivity contribution is 7.98. The van der Waals surface area contributed by atoms with Crippen LogP contribution in [-0.2, 0) is 0 Å². The predicted molar refractivity (Wildman–Crippen MR) is 84.7 cm³/mol. The first kappa shape index (κ1) is 15.5. The molecule has 0 atom stereocenters. The molecule has 0 saturated carbocycles. The summed E-state index contributed by atoms with van der Waals surface area (Å²) >= 11 is 2.89. The van der Waals surface area contributed by atoms with Gasteiger partial charge in [0, 0.05) is 16.7 Å². The third kappa shape index (κ3) is 3.62. The van der Waals surface area contributed by atoms with E-state index in [4.69, 9.17) is 0 Å². The van der Waals surface area contributed by atoms with Gasteiger partial charge in [-0.3, -0.25) is 4.79 Å². The Hall–Kier alpha value is -1.86. The second-order valence-electron chi connectivity index (χ2n) is 3.94. The van der Waals surface area contributed by atoms with E-state index in [0.29, 0.717) is 16.4 Å². The molecule has 1 heterocycles. The fraction of sp³-hybridized carbons (Fsp3) is 0.143. The molecule has 0 amide bonds. The van der Waals surface area contributed by atoms with Crippen LogP contribution in [0.15, 0.2) is 51.7 Å². The molecule has 1 aromatic heterocycles. The van der Waals surface area contributed by atoms with Gasteiger partial charge in [-0.2, -0.15) is 0 Å². The average molecular weight is 319 g/mol. The lowest BCUT2D eigenvalue weighted by atomic mass is 10.0. The zero-order chi connectivity index (χ0) is 15.2. The summed E-state index contributed by atoms with van der Waals surface area (Å²) in [6.07, 6.45) is 5.30. The highest BCUT2D eigenvalue weighted by atomic mass is 32.2. The number of Topliss-reactive ketones (excluding diaryl/α,β-unsaturated/α-hetero) is 1. The normalized spacial score (nSPS) is 11.4. The summed E-state index contributed by atoms with van der Waals surface area (Å²) in [5.41, 5.74) is 0.668. The van der Waals surface area contributed by atoms with E-state index in [-0.39, 0.29) is 11.5 Å². The molecule has 0 aliphatic carbocycles. The van der Waals surface area contributed by atoms with E-state index in [1.54, 1.807) is 24.3 Å². The van der Waals surface area contributed by atoms with Crippen LogP contribution >= 0.6 is 23.5 Å². The lowest BCUT2D eigenvalue weighted by Crippen LogP contribution is -2.18. The monoisotopic (exact) mass is 319 g/mol. The molecule has 7 heteroatoms. The highest BCUT2D eigenvalue weighted by Crippen LogP contribution is 2.17. The minimum Gasteiger partial charge on any atom is -0.410 e. The van der Waals surface area contributed by atoms with Crippen molar-refractivity contribution in [1.29, 1.82) is 0 Å². The lowest BCUT2D eigenvalue weighted by Gasteiger charge is -2.05. The van der Waals surface area contributed by atoms with Crippen molar-refractivity contribution in [3.63, 3.8) is 0 Å². The van der Waals surface area contributed by atoms with Gasteiger partial charge in [0.1, 0.15) is 5.69 Å². The molecule has 0 aliphatic heterocycles. The fourth-order valence-corrected chi connectivity index (χ4v) is 2.50. The minimum atomic E-state index is -0.376. The SMILES string of the molecule is CSc1cccc(C(=O)C(=NO)c2ccnc(SC)n2)c1. The first-order chi connectivity index (χ1) is 10.2. The summed E-state index contributed by atoms with van der Waals surface area (Å²) in [6, 6.07) is 8.69. The molecule has 0 unspecified atom stereocenters. The van der Waals surface area contributed by atoms with Crippen molar-refractivity contribution >= 4 is 35.0 Å². The number of hydrogen-bond acceptors (Lipinski definition) is 7. The molecule has 0 fully saturated rings. The van der Waals surface area contributed by atoms with Crippen molar-refractivity contribution in [3.05, 3.63) is 47.8 Å². The summed E-state index contributed by atoms with van der Waals surface area (Å²) in [4.78, 5) is 21.7. The van der Waals surface area contributed by atoms with Gasteiger partial charge in [-0.05, 0) is 30.7 Å². The van der Waals surface area contributed by atoms with Crippen molar-refractivity contribution in [1.82, 2.24) is 9.97 Å². The fourth-order valence-electron chi connectivity index (χ4n) is 1.69. The van der Waals surface area contributed by atoms with Crippen molar-refractivity contribution < 1.29 is 10.0 Å². The number of rotatable bonds is 5. The molecule has 0 radical (unpaired) electrons. The zero-order valence-electron chi connectivity index (χ0n) is 11.5. The molecular formula is C14H13N3O2S2. The second-order valence-corrected chi connectivity index (χ2v) is 5.59. The van der Waals surface area contributed by atoms with Crippen molar-refractivity contribution in [2.45, 2.75) is 10.1 Å². The van der Waals surface area contributed by atoms with Gasteiger partial charge in [0.05, 0.1) is 0 Å². The Bertz CT molecular complexity index is 689. The smallest absolute Gasteiger partial charge is 0.217 e. The summed E-state index contributed by atoms with van der Waals surface area (Å²) in [5, 5.41) is 12.8. The Balaban J connectivity index is 2.38. The third-order valence-corrected chi connectivity index (χ3v) is 3.99.